The minimum atomic E-state index is 0.789. The fourth-order valence-electron chi connectivity index (χ4n) is 7.61. The van der Waals surface area contributed by atoms with Gasteiger partial charge in [0.2, 0.25) is 0 Å². The van der Waals surface area contributed by atoms with Gasteiger partial charge in [0.05, 0.1) is 0 Å². The van der Waals surface area contributed by atoms with Crippen molar-refractivity contribution in [1.29, 1.82) is 0 Å². The summed E-state index contributed by atoms with van der Waals surface area (Å²) in [5.74, 6) is 2.24. The minimum absolute atomic E-state index is 0.789. The average molecular weight is 303 g/mol. The first-order valence-electron chi connectivity index (χ1n) is 10.9. The molecule has 4 aliphatic rings. The third-order valence-electron chi connectivity index (χ3n) is 8.76. The van der Waals surface area contributed by atoms with E-state index >= 15 is 0 Å². The first-order valence-corrected chi connectivity index (χ1v) is 10.9. The zero-order valence-electron chi connectivity index (χ0n) is 14.9. The van der Waals surface area contributed by atoms with Gasteiger partial charge in [-0.2, -0.15) is 0 Å². The Morgan fingerprint density at radius 3 is 1.14 bits per heavy atom. The first-order chi connectivity index (χ1) is 10.9. The molecule has 4 aliphatic carbocycles. The van der Waals surface area contributed by atoms with Crippen LogP contribution >= 0.6 is 0 Å². The van der Waals surface area contributed by atoms with Crippen molar-refractivity contribution in [3.8, 4) is 0 Å². The van der Waals surface area contributed by atoms with Gasteiger partial charge < -0.3 is 0 Å². The molecule has 4 fully saturated rings. The minimum Gasteiger partial charge on any atom is -0.0533 e. The van der Waals surface area contributed by atoms with Crippen LogP contribution in [0.1, 0.15) is 116 Å². The van der Waals surface area contributed by atoms with E-state index in [2.05, 4.69) is 0 Å². The van der Waals surface area contributed by atoms with E-state index in [-0.39, 0.29) is 0 Å². The molecule has 0 bridgehead atoms. The molecule has 0 atom stereocenters. The second-order valence-corrected chi connectivity index (χ2v) is 9.40. The van der Waals surface area contributed by atoms with Crippen molar-refractivity contribution in [2.75, 3.05) is 0 Å². The van der Waals surface area contributed by atoms with Gasteiger partial charge >= 0.3 is 0 Å². The van der Waals surface area contributed by atoms with Gasteiger partial charge in [-0.05, 0) is 74.0 Å². The fraction of sp³-hybridized carbons (Fsp3) is 1.00. The Morgan fingerprint density at radius 1 is 0.364 bits per heavy atom. The predicted molar refractivity (Wildman–Crippen MR) is 95.0 cm³/mol. The lowest BCUT2D eigenvalue weighted by atomic mass is 9.44. The molecule has 4 rings (SSSR count). The molecule has 4 saturated carbocycles. The molecule has 0 N–H and O–H groups in total. The smallest absolute Gasteiger partial charge is 0.0210 e. The van der Waals surface area contributed by atoms with Crippen molar-refractivity contribution in [2.45, 2.75) is 116 Å². The van der Waals surface area contributed by atoms with E-state index in [0.717, 1.165) is 22.7 Å². The summed E-state index contributed by atoms with van der Waals surface area (Å²) in [4.78, 5) is 0. The highest BCUT2D eigenvalue weighted by Crippen LogP contribution is 2.69. The van der Waals surface area contributed by atoms with Gasteiger partial charge in [-0.15, -0.1) is 0 Å². The first kappa shape index (κ1) is 15.5. The second kappa shape index (κ2) is 6.48. The molecule has 0 aliphatic heterocycles. The van der Waals surface area contributed by atoms with Crippen LogP contribution in [0.2, 0.25) is 0 Å². The molecule has 22 heavy (non-hydrogen) atoms. The van der Waals surface area contributed by atoms with Gasteiger partial charge in [-0.3, -0.25) is 0 Å². The number of hydrogen-bond donors (Lipinski definition) is 0. The van der Waals surface area contributed by atoms with Crippen LogP contribution in [0, 0.1) is 22.7 Å². The van der Waals surface area contributed by atoms with E-state index in [9.17, 15) is 0 Å². The van der Waals surface area contributed by atoms with Gasteiger partial charge in [0.25, 0.3) is 0 Å². The lowest BCUT2D eigenvalue weighted by Gasteiger charge is -2.61. The van der Waals surface area contributed by atoms with Crippen molar-refractivity contribution < 1.29 is 0 Å². The molecule has 0 spiro atoms. The zero-order valence-corrected chi connectivity index (χ0v) is 14.9. The van der Waals surface area contributed by atoms with E-state index < -0.39 is 0 Å². The average Bonchev–Trinajstić information content (AvgIpc) is 2.82. The maximum Gasteiger partial charge on any atom is -0.0210 e. The van der Waals surface area contributed by atoms with Crippen molar-refractivity contribution in [3.05, 3.63) is 0 Å². The van der Waals surface area contributed by atoms with E-state index in [4.69, 9.17) is 0 Å². The predicted octanol–water partition coefficient (Wildman–Crippen LogP) is 7.27. The van der Waals surface area contributed by atoms with Crippen LogP contribution in [0.3, 0.4) is 0 Å². The Balaban J connectivity index is 1.68. The van der Waals surface area contributed by atoms with Crippen molar-refractivity contribution >= 4 is 0 Å². The molecule has 0 saturated heterocycles. The Labute approximate surface area is 138 Å². The van der Waals surface area contributed by atoms with Gasteiger partial charge in [0.15, 0.2) is 0 Å². The monoisotopic (exact) mass is 302 g/mol. The molecular weight excluding hydrogens is 264 g/mol. The summed E-state index contributed by atoms with van der Waals surface area (Å²) in [6.45, 7) is 0. The summed E-state index contributed by atoms with van der Waals surface area (Å²) in [6.07, 6.45) is 28.3. The maximum atomic E-state index is 1.62. The topological polar surface area (TPSA) is 0 Å². The van der Waals surface area contributed by atoms with E-state index in [1.54, 1.807) is 96.3 Å². The van der Waals surface area contributed by atoms with Crippen molar-refractivity contribution in [3.63, 3.8) is 0 Å². The molecular formula is C22H38. The highest BCUT2D eigenvalue weighted by atomic mass is 14.6. The lowest BCUT2D eigenvalue weighted by molar-refractivity contribution is -0.116. The fourth-order valence-corrected chi connectivity index (χ4v) is 7.61. The molecule has 0 unspecified atom stereocenters. The summed E-state index contributed by atoms with van der Waals surface area (Å²) in [5, 5.41) is 0. The Hall–Kier alpha value is 0. The highest BCUT2D eigenvalue weighted by Gasteiger charge is 2.59. The van der Waals surface area contributed by atoms with E-state index in [1.165, 1.54) is 19.3 Å². The highest BCUT2D eigenvalue weighted by molar-refractivity contribution is 5.09. The number of hydrogen-bond acceptors (Lipinski definition) is 0. The molecule has 0 nitrogen and oxygen atoms in total. The van der Waals surface area contributed by atoms with Crippen LogP contribution < -0.4 is 0 Å². The molecule has 0 aromatic rings. The van der Waals surface area contributed by atoms with Crippen molar-refractivity contribution in [2.24, 2.45) is 22.7 Å². The quantitative estimate of drug-likeness (QED) is 0.481. The normalized spacial score (nSPS) is 33.3. The van der Waals surface area contributed by atoms with Gasteiger partial charge in [-0.25, -0.2) is 0 Å². The van der Waals surface area contributed by atoms with Crippen molar-refractivity contribution in [1.82, 2.24) is 0 Å². The van der Waals surface area contributed by atoms with Crippen LogP contribution in [-0.4, -0.2) is 0 Å². The van der Waals surface area contributed by atoms with Crippen LogP contribution in [-0.2, 0) is 0 Å². The van der Waals surface area contributed by atoms with E-state index in [1.807, 2.05) is 0 Å². The zero-order chi connectivity index (χ0) is 14.9. The molecule has 126 valence electrons. The summed E-state index contributed by atoms with van der Waals surface area (Å²) < 4.78 is 0. The standard InChI is InChI=1S/C22H38/c1-2-5-12-19(11-4-1)21(15-6-3-7-16-21)22(17-8-9-18-22)20-13-10-14-20/h19-20H,1-18H2. The third kappa shape index (κ3) is 2.39. The van der Waals surface area contributed by atoms with Gasteiger partial charge in [0.1, 0.15) is 0 Å². The third-order valence-corrected chi connectivity index (χ3v) is 8.76. The molecule has 0 amide bonds. The molecule has 0 heterocycles. The lowest BCUT2D eigenvalue weighted by Crippen LogP contribution is -2.52. The second-order valence-electron chi connectivity index (χ2n) is 9.40. The Kier molecular flexibility index (Phi) is 4.57. The Morgan fingerprint density at radius 2 is 0.727 bits per heavy atom. The van der Waals surface area contributed by atoms with Crippen LogP contribution in [0.5, 0.6) is 0 Å². The largest absolute Gasteiger partial charge is 0.0533 e. The Bertz CT molecular complexity index is 344. The van der Waals surface area contributed by atoms with Gasteiger partial charge in [-0.1, -0.05) is 64.2 Å². The van der Waals surface area contributed by atoms with Gasteiger partial charge in [0, 0.05) is 0 Å². The summed E-state index contributed by atoms with van der Waals surface area (Å²) >= 11 is 0. The van der Waals surface area contributed by atoms with Crippen LogP contribution in [0.25, 0.3) is 0 Å². The summed E-state index contributed by atoms with van der Waals surface area (Å²) in [7, 11) is 0. The molecule has 0 radical (unpaired) electrons. The van der Waals surface area contributed by atoms with E-state index in [0.29, 0.717) is 0 Å². The SMILES string of the molecule is C1CCCC(C2(C3(C4CCC4)CCCC3)CCCCC2)CC1. The summed E-state index contributed by atoms with van der Waals surface area (Å²) in [5.41, 5.74) is 1.60. The number of rotatable bonds is 3. The maximum absolute atomic E-state index is 1.62. The molecule has 0 aromatic heterocycles. The molecule has 0 aromatic carbocycles. The van der Waals surface area contributed by atoms with Crippen LogP contribution in [0.4, 0.5) is 0 Å². The van der Waals surface area contributed by atoms with Crippen LogP contribution in [0.15, 0.2) is 0 Å². The molecule has 0 heteroatoms. The summed E-state index contributed by atoms with van der Waals surface area (Å²) in [6, 6.07) is 0.